The number of hydrogen-bond donors (Lipinski definition) is 1. The molecule has 1 aliphatic heterocycles. The molecule has 1 N–H and O–H groups in total. The number of allylic oxidation sites excluding steroid dienone is 1. The minimum atomic E-state index is -0.0750. The van der Waals surface area contributed by atoms with Crippen molar-refractivity contribution < 1.29 is 9.53 Å². The van der Waals surface area contributed by atoms with E-state index in [9.17, 15) is 4.79 Å². The maximum atomic E-state index is 12.4. The Morgan fingerprint density at radius 3 is 3.14 bits per heavy atom. The summed E-state index contributed by atoms with van der Waals surface area (Å²) in [5, 5.41) is 3.16. The third-order valence-corrected chi connectivity index (χ3v) is 4.25. The van der Waals surface area contributed by atoms with Crippen LogP contribution in [0.15, 0.2) is 36.2 Å². The topological polar surface area (TPSA) is 51.2 Å². The molecule has 0 bridgehead atoms. The van der Waals surface area contributed by atoms with Crippen molar-refractivity contribution in [2.24, 2.45) is 0 Å². The first kappa shape index (κ1) is 14.3. The van der Waals surface area contributed by atoms with Gasteiger partial charge in [-0.2, -0.15) is 0 Å². The van der Waals surface area contributed by atoms with E-state index in [1.54, 1.807) is 6.20 Å². The average Bonchev–Trinajstić information content (AvgIpc) is 2.81. The molecule has 2 atom stereocenters. The molecule has 0 spiro atoms. The second kappa shape index (κ2) is 6.85. The Balaban J connectivity index is 1.66. The van der Waals surface area contributed by atoms with Crippen LogP contribution in [0.25, 0.3) is 0 Å². The molecule has 0 aromatic carbocycles. The van der Waals surface area contributed by atoms with E-state index in [1.165, 1.54) is 12.8 Å². The van der Waals surface area contributed by atoms with Gasteiger partial charge in [0, 0.05) is 30.1 Å². The minimum absolute atomic E-state index is 0.0471. The lowest BCUT2D eigenvalue weighted by Crippen LogP contribution is -2.37. The van der Waals surface area contributed by atoms with E-state index in [0.29, 0.717) is 6.61 Å². The summed E-state index contributed by atoms with van der Waals surface area (Å²) in [6, 6.07) is 3.96. The smallest absolute Gasteiger partial charge is 0.247 e. The second-order valence-corrected chi connectivity index (χ2v) is 5.78. The molecule has 1 fully saturated rings. The summed E-state index contributed by atoms with van der Waals surface area (Å²) < 4.78 is 5.79. The molecule has 3 rings (SSSR count). The lowest BCUT2D eigenvalue weighted by Gasteiger charge is -2.20. The fourth-order valence-electron chi connectivity index (χ4n) is 3.09. The van der Waals surface area contributed by atoms with E-state index in [0.717, 1.165) is 36.8 Å². The van der Waals surface area contributed by atoms with Crippen molar-refractivity contribution in [2.75, 3.05) is 6.61 Å². The number of nitrogens with one attached hydrogen (secondary N) is 1. The van der Waals surface area contributed by atoms with Crippen LogP contribution < -0.4 is 5.32 Å². The summed E-state index contributed by atoms with van der Waals surface area (Å²) in [6.45, 7) is 0.684. The molecule has 0 radical (unpaired) electrons. The van der Waals surface area contributed by atoms with Crippen molar-refractivity contribution >= 4 is 5.91 Å². The Kier molecular flexibility index (Phi) is 4.65. The lowest BCUT2D eigenvalue weighted by atomic mass is 10.0. The zero-order valence-corrected chi connectivity index (χ0v) is 12.3. The zero-order valence-electron chi connectivity index (χ0n) is 12.3. The highest BCUT2D eigenvalue weighted by Gasteiger charge is 2.31. The van der Waals surface area contributed by atoms with E-state index < -0.39 is 0 Å². The zero-order chi connectivity index (χ0) is 14.5. The maximum absolute atomic E-state index is 12.4. The highest BCUT2D eigenvalue weighted by molar-refractivity contribution is 5.93. The van der Waals surface area contributed by atoms with Crippen molar-refractivity contribution in [1.29, 1.82) is 0 Å². The van der Waals surface area contributed by atoms with E-state index >= 15 is 0 Å². The maximum Gasteiger partial charge on any atom is 0.247 e. The van der Waals surface area contributed by atoms with Crippen LogP contribution in [0, 0.1) is 0 Å². The summed E-state index contributed by atoms with van der Waals surface area (Å²) >= 11 is 0. The Labute approximate surface area is 125 Å². The van der Waals surface area contributed by atoms with Crippen LogP contribution >= 0.6 is 0 Å². The predicted octanol–water partition coefficient (Wildman–Crippen LogP) is 2.92. The van der Waals surface area contributed by atoms with Crippen molar-refractivity contribution in [2.45, 2.75) is 50.7 Å². The number of rotatable bonds is 3. The summed E-state index contributed by atoms with van der Waals surface area (Å²) in [5.41, 5.74) is 1.99. The third kappa shape index (κ3) is 3.50. The van der Waals surface area contributed by atoms with Crippen molar-refractivity contribution in [3.63, 3.8) is 0 Å². The fraction of sp³-hybridized carbons (Fsp3) is 0.529. The largest absolute Gasteiger partial charge is 0.371 e. The number of nitrogens with zero attached hydrogens (tertiary/aromatic N) is 1. The molecule has 1 aliphatic carbocycles. The molecule has 0 unspecified atom stereocenters. The van der Waals surface area contributed by atoms with Gasteiger partial charge in [-0.15, -0.1) is 0 Å². The molecule has 4 heteroatoms. The molecule has 0 saturated carbocycles. The van der Waals surface area contributed by atoms with Gasteiger partial charge in [0.15, 0.2) is 0 Å². The van der Waals surface area contributed by atoms with E-state index in [2.05, 4.69) is 16.4 Å². The Bertz CT molecular complexity index is 513. The first-order valence-electron chi connectivity index (χ1n) is 7.86. The molecule has 2 heterocycles. The van der Waals surface area contributed by atoms with Crippen LogP contribution in [0.3, 0.4) is 0 Å². The van der Waals surface area contributed by atoms with Crippen LogP contribution in [0.4, 0.5) is 0 Å². The van der Waals surface area contributed by atoms with Crippen LogP contribution in [0.1, 0.15) is 50.2 Å². The molecule has 2 aliphatic rings. The van der Waals surface area contributed by atoms with Gasteiger partial charge in [-0.05, 0) is 38.2 Å². The Hall–Kier alpha value is -1.68. The summed E-state index contributed by atoms with van der Waals surface area (Å²) in [4.78, 5) is 16.6. The third-order valence-electron chi connectivity index (χ3n) is 4.25. The summed E-state index contributed by atoms with van der Waals surface area (Å²) in [5.74, 6) is 0.0845. The van der Waals surface area contributed by atoms with Crippen LogP contribution in [-0.4, -0.2) is 23.5 Å². The number of aromatic nitrogens is 1. The quantitative estimate of drug-likeness (QED) is 0.929. The summed E-state index contributed by atoms with van der Waals surface area (Å²) in [7, 11) is 0. The van der Waals surface area contributed by atoms with Gasteiger partial charge in [-0.3, -0.25) is 9.78 Å². The Morgan fingerprint density at radius 1 is 1.33 bits per heavy atom. The Morgan fingerprint density at radius 2 is 2.29 bits per heavy atom. The predicted molar refractivity (Wildman–Crippen MR) is 80.6 cm³/mol. The highest BCUT2D eigenvalue weighted by Crippen LogP contribution is 2.29. The lowest BCUT2D eigenvalue weighted by molar-refractivity contribution is -0.118. The molecular weight excluding hydrogens is 264 g/mol. The van der Waals surface area contributed by atoms with E-state index in [1.807, 2.05) is 18.3 Å². The normalized spacial score (nSPS) is 26.0. The molecular formula is C17H22N2O2. The summed E-state index contributed by atoms with van der Waals surface area (Å²) in [6.07, 6.45) is 11.9. The number of carbonyl (C=O) groups is 1. The van der Waals surface area contributed by atoms with E-state index in [-0.39, 0.29) is 18.1 Å². The molecule has 1 amide bonds. The standard InChI is InChI=1S/C17H22N2O2/c20-17(13-6-3-1-2-4-7-13)19-15-9-11-21-16(15)14-8-5-10-18-12-14/h5-6,8,10,12,15-16H,1-4,7,9,11H2,(H,19,20)/t15-,16+/m0/s1. The van der Waals surface area contributed by atoms with Crippen LogP contribution in [0.2, 0.25) is 0 Å². The molecule has 4 nitrogen and oxygen atoms in total. The van der Waals surface area contributed by atoms with Gasteiger partial charge in [0.25, 0.3) is 0 Å². The first-order chi connectivity index (χ1) is 10.3. The van der Waals surface area contributed by atoms with Crippen LogP contribution in [-0.2, 0) is 9.53 Å². The minimum Gasteiger partial charge on any atom is -0.371 e. The molecule has 1 saturated heterocycles. The molecule has 112 valence electrons. The number of hydrogen-bond acceptors (Lipinski definition) is 3. The van der Waals surface area contributed by atoms with Gasteiger partial charge in [-0.1, -0.05) is 18.6 Å². The SMILES string of the molecule is O=C(N[C@H]1CCO[C@@H]1c1cccnc1)C1=CCCCCC1. The van der Waals surface area contributed by atoms with E-state index in [4.69, 9.17) is 4.74 Å². The first-order valence-corrected chi connectivity index (χ1v) is 7.86. The molecule has 21 heavy (non-hydrogen) atoms. The number of amides is 1. The molecule has 1 aromatic rings. The van der Waals surface area contributed by atoms with Crippen LogP contribution in [0.5, 0.6) is 0 Å². The van der Waals surface area contributed by atoms with Crippen molar-refractivity contribution in [3.05, 3.63) is 41.7 Å². The number of carbonyl (C=O) groups excluding carboxylic acids is 1. The fourth-order valence-corrected chi connectivity index (χ4v) is 3.09. The van der Waals surface area contributed by atoms with Gasteiger partial charge in [0.05, 0.1) is 6.04 Å². The van der Waals surface area contributed by atoms with Gasteiger partial charge in [0.1, 0.15) is 6.10 Å². The van der Waals surface area contributed by atoms with Crippen molar-refractivity contribution in [1.82, 2.24) is 10.3 Å². The number of ether oxygens (including phenoxy) is 1. The van der Waals surface area contributed by atoms with Gasteiger partial charge >= 0.3 is 0 Å². The second-order valence-electron chi connectivity index (χ2n) is 5.78. The van der Waals surface area contributed by atoms with Gasteiger partial charge < -0.3 is 10.1 Å². The van der Waals surface area contributed by atoms with Gasteiger partial charge in [0.2, 0.25) is 5.91 Å². The highest BCUT2D eigenvalue weighted by atomic mass is 16.5. The number of pyridine rings is 1. The molecule has 1 aromatic heterocycles. The average molecular weight is 286 g/mol. The van der Waals surface area contributed by atoms with Gasteiger partial charge in [-0.25, -0.2) is 0 Å². The van der Waals surface area contributed by atoms with Crippen molar-refractivity contribution in [3.8, 4) is 0 Å². The monoisotopic (exact) mass is 286 g/mol.